The second kappa shape index (κ2) is 11.0. The highest BCUT2D eigenvalue weighted by molar-refractivity contribution is 7.90. The Hall–Kier alpha value is -3.53. The predicted octanol–water partition coefficient (Wildman–Crippen LogP) is 2.93. The molecule has 2 saturated carbocycles. The minimum atomic E-state index is -3.47. The predicted molar refractivity (Wildman–Crippen MR) is 155 cm³/mol. The van der Waals surface area contributed by atoms with E-state index in [1.165, 1.54) is 12.4 Å². The number of pyridine rings is 1. The molecule has 1 aliphatic heterocycles. The zero-order valence-electron chi connectivity index (χ0n) is 23.1. The van der Waals surface area contributed by atoms with E-state index < -0.39 is 10.0 Å². The van der Waals surface area contributed by atoms with Crippen LogP contribution in [0, 0.1) is 23.2 Å². The molecule has 0 aromatic carbocycles. The third-order valence-electron chi connectivity index (χ3n) is 8.38. The van der Waals surface area contributed by atoms with Crippen LogP contribution in [0.15, 0.2) is 36.9 Å². The summed E-state index contributed by atoms with van der Waals surface area (Å²) in [6.07, 6.45) is 11.6. The largest absolute Gasteiger partial charge is 0.396 e. The lowest BCUT2D eigenvalue weighted by atomic mass is 9.81. The van der Waals surface area contributed by atoms with Crippen molar-refractivity contribution >= 4 is 27.3 Å². The van der Waals surface area contributed by atoms with E-state index >= 15 is 0 Å². The molecule has 3 fully saturated rings. The van der Waals surface area contributed by atoms with Gasteiger partial charge in [-0.2, -0.15) is 9.19 Å². The number of rotatable bonds is 7. The zero-order chi connectivity index (χ0) is 28.6. The number of hydrogen-bond donors (Lipinski definition) is 3. The number of hydrogen-bond acceptors (Lipinski definition) is 10. The SMILES string of the molecule is CC1(CO)CCN(c2cc(Nc3ccnc(-c4cnn(S(=O)(=O)C5CC5)c4)n3)ncc2C#CC2CCCC2O)CC1. The summed E-state index contributed by atoms with van der Waals surface area (Å²) in [5, 5.41) is 27.0. The van der Waals surface area contributed by atoms with E-state index in [1.807, 2.05) is 6.07 Å². The third kappa shape index (κ3) is 5.93. The molecular weight excluding hydrogens is 542 g/mol. The second-order valence-electron chi connectivity index (χ2n) is 11.7. The van der Waals surface area contributed by atoms with Crippen molar-refractivity contribution in [3.8, 4) is 23.2 Å². The van der Waals surface area contributed by atoms with Gasteiger partial charge in [-0.3, -0.25) is 0 Å². The molecule has 2 aliphatic carbocycles. The van der Waals surface area contributed by atoms with Crippen molar-refractivity contribution in [3.05, 3.63) is 42.5 Å². The van der Waals surface area contributed by atoms with Crippen molar-refractivity contribution in [2.45, 2.75) is 63.2 Å². The average molecular weight is 578 g/mol. The molecule has 0 bridgehead atoms. The lowest BCUT2D eigenvalue weighted by molar-refractivity contribution is 0.115. The minimum absolute atomic E-state index is 0.0252. The van der Waals surface area contributed by atoms with Crippen molar-refractivity contribution in [3.63, 3.8) is 0 Å². The summed E-state index contributed by atoms with van der Waals surface area (Å²) < 4.78 is 26.1. The lowest BCUT2D eigenvalue weighted by Crippen LogP contribution is -2.40. The topological polar surface area (TPSA) is 146 Å². The van der Waals surface area contributed by atoms with Gasteiger partial charge in [0.25, 0.3) is 10.0 Å². The van der Waals surface area contributed by atoms with Crippen LogP contribution in [0.2, 0.25) is 0 Å². The van der Waals surface area contributed by atoms with E-state index in [0.717, 1.165) is 60.5 Å². The monoisotopic (exact) mass is 577 g/mol. The Kier molecular flexibility index (Phi) is 7.44. The van der Waals surface area contributed by atoms with Crippen LogP contribution in [0.1, 0.15) is 57.4 Å². The quantitative estimate of drug-likeness (QED) is 0.358. The fraction of sp³-hybridized carbons (Fsp3) is 0.517. The molecule has 1 saturated heterocycles. The van der Waals surface area contributed by atoms with Crippen molar-refractivity contribution in [1.29, 1.82) is 0 Å². The summed E-state index contributed by atoms with van der Waals surface area (Å²) >= 11 is 0. The Bertz CT molecular complexity index is 1580. The van der Waals surface area contributed by atoms with Gasteiger partial charge in [-0.05, 0) is 56.4 Å². The fourth-order valence-electron chi connectivity index (χ4n) is 5.37. The van der Waals surface area contributed by atoms with Gasteiger partial charge in [-0.15, -0.1) is 0 Å². The molecule has 6 rings (SSSR count). The summed E-state index contributed by atoms with van der Waals surface area (Å²) in [5.74, 6) is 7.98. The molecule has 41 heavy (non-hydrogen) atoms. The summed E-state index contributed by atoms with van der Waals surface area (Å²) in [7, 11) is -3.47. The van der Waals surface area contributed by atoms with Gasteiger partial charge in [0.05, 0.1) is 40.6 Å². The first-order chi connectivity index (χ1) is 19.7. The van der Waals surface area contributed by atoms with Crippen LogP contribution in [0.4, 0.5) is 17.3 Å². The van der Waals surface area contributed by atoms with E-state index in [-0.39, 0.29) is 29.3 Å². The molecule has 3 aliphatic rings. The molecule has 0 spiro atoms. The Balaban J connectivity index is 1.25. The lowest BCUT2D eigenvalue weighted by Gasteiger charge is -2.39. The highest BCUT2D eigenvalue weighted by atomic mass is 32.2. The maximum absolute atomic E-state index is 12.5. The van der Waals surface area contributed by atoms with Crippen molar-refractivity contribution in [2.24, 2.45) is 11.3 Å². The van der Waals surface area contributed by atoms with E-state index in [0.29, 0.717) is 35.9 Å². The maximum Gasteiger partial charge on any atom is 0.256 e. The number of aliphatic hydroxyl groups excluding tert-OH is 2. The Morgan fingerprint density at radius 2 is 1.93 bits per heavy atom. The highest BCUT2D eigenvalue weighted by Crippen LogP contribution is 2.35. The van der Waals surface area contributed by atoms with Crippen LogP contribution in [-0.4, -0.2) is 73.8 Å². The first-order valence-electron chi connectivity index (χ1n) is 14.2. The van der Waals surface area contributed by atoms with Crippen molar-refractivity contribution in [2.75, 3.05) is 29.9 Å². The van der Waals surface area contributed by atoms with E-state index in [9.17, 15) is 18.6 Å². The Morgan fingerprint density at radius 1 is 1.12 bits per heavy atom. The molecular formula is C29H35N7O4S. The van der Waals surface area contributed by atoms with E-state index in [4.69, 9.17) is 0 Å². The van der Waals surface area contributed by atoms with Gasteiger partial charge in [0.2, 0.25) is 0 Å². The molecule has 3 N–H and O–H groups in total. The molecule has 2 atom stereocenters. The van der Waals surface area contributed by atoms with Gasteiger partial charge >= 0.3 is 0 Å². The average Bonchev–Trinajstić information content (AvgIpc) is 3.58. The molecule has 3 aromatic heterocycles. The van der Waals surface area contributed by atoms with Gasteiger partial charge in [-0.1, -0.05) is 18.8 Å². The van der Waals surface area contributed by atoms with Gasteiger partial charge < -0.3 is 20.4 Å². The molecule has 216 valence electrons. The minimum Gasteiger partial charge on any atom is -0.396 e. The first kappa shape index (κ1) is 27.6. The van der Waals surface area contributed by atoms with Crippen LogP contribution in [0.25, 0.3) is 11.4 Å². The van der Waals surface area contributed by atoms with Crippen LogP contribution < -0.4 is 10.2 Å². The number of nitrogens with zero attached hydrogens (tertiary/aromatic N) is 6. The number of aromatic nitrogens is 5. The van der Waals surface area contributed by atoms with Crippen LogP contribution in [-0.2, 0) is 10.0 Å². The molecule has 3 aromatic rings. The van der Waals surface area contributed by atoms with Crippen molar-refractivity contribution in [1.82, 2.24) is 24.1 Å². The number of anilines is 3. The second-order valence-corrected chi connectivity index (χ2v) is 13.7. The molecule has 0 radical (unpaired) electrons. The first-order valence-corrected chi connectivity index (χ1v) is 15.7. The third-order valence-corrected chi connectivity index (χ3v) is 10.4. The highest BCUT2D eigenvalue weighted by Gasteiger charge is 2.38. The van der Waals surface area contributed by atoms with E-state index in [2.05, 4.69) is 49.0 Å². The maximum atomic E-state index is 12.5. The molecule has 11 nitrogen and oxygen atoms in total. The summed E-state index contributed by atoms with van der Waals surface area (Å²) in [6.45, 7) is 3.85. The summed E-state index contributed by atoms with van der Waals surface area (Å²) in [5.41, 5.74) is 2.16. The van der Waals surface area contributed by atoms with Gasteiger partial charge in [0, 0.05) is 44.1 Å². The molecule has 12 heteroatoms. The number of aliphatic hydroxyl groups is 2. The molecule has 2 unspecified atom stereocenters. The number of nitrogens with one attached hydrogen (secondary N) is 1. The summed E-state index contributed by atoms with van der Waals surface area (Å²) in [6, 6.07) is 3.68. The van der Waals surface area contributed by atoms with Crippen LogP contribution in [0.5, 0.6) is 0 Å². The number of piperidine rings is 1. The molecule has 0 amide bonds. The van der Waals surface area contributed by atoms with Gasteiger partial charge in [0.1, 0.15) is 11.6 Å². The smallest absolute Gasteiger partial charge is 0.256 e. The normalized spacial score (nSPS) is 22.3. The summed E-state index contributed by atoms with van der Waals surface area (Å²) in [4.78, 5) is 15.8. The van der Waals surface area contributed by atoms with E-state index in [1.54, 1.807) is 18.5 Å². The van der Waals surface area contributed by atoms with Crippen LogP contribution >= 0.6 is 0 Å². The fourth-order valence-corrected chi connectivity index (χ4v) is 6.85. The van der Waals surface area contributed by atoms with Gasteiger partial charge in [0.15, 0.2) is 5.82 Å². The Morgan fingerprint density at radius 3 is 2.63 bits per heavy atom. The van der Waals surface area contributed by atoms with Crippen LogP contribution in [0.3, 0.4) is 0 Å². The Labute approximate surface area is 240 Å². The zero-order valence-corrected chi connectivity index (χ0v) is 23.9. The van der Waals surface area contributed by atoms with Crippen molar-refractivity contribution < 1.29 is 18.6 Å². The van der Waals surface area contributed by atoms with Gasteiger partial charge in [-0.25, -0.2) is 23.4 Å². The standard InChI is InChI=1S/C29H35N7O4S/c1-29(19-37)10-13-35(14-11-29)24-15-27(31-16-21(24)6-5-20-3-2-4-25(20)38)33-26-9-12-30-28(34-26)22-17-32-36(18-22)41(39,40)23-7-8-23/h9,12,15-18,20,23,25,37-38H,2-4,7-8,10-11,13-14,19H2,1H3,(H,30,31,33,34). The molecule has 4 heterocycles.